The van der Waals surface area contributed by atoms with Crippen molar-refractivity contribution in [2.24, 2.45) is 0 Å². The number of benzene rings is 1. The van der Waals surface area contributed by atoms with E-state index in [1.54, 1.807) is 0 Å². The number of nitrogens with one attached hydrogen (secondary N) is 1. The quantitative estimate of drug-likeness (QED) is 0.924. The highest BCUT2D eigenvalue weighted by molar-refractivity contribution is 5.74. The van der Waals surface area contributed by atoms with E-state index >= 15 is 0 Å². The van der Waals surface area contributed by atoms with Crippen molar-refractivity contribution in [3.05, 3.63) is 35.9 Å². The molecular weight excluding hydrogens is 262 g/mol. The number of carbonyl (C=O) groups excluding carboxylic acids is 1. The van der Waals surface area contributed by atoms with E-state index in [1.807, 2.05) is 23.1 Å². The van der Waals surface area contributed by atoms with Crippen molar-refractivity contribution in [2.75, 3.05) is 32.7 Å². The molecule has 0 saturated carbocycles. The smallest absolute Gasteiger partial charge is 0.317 e. The van der Waals surface area contributed by atoms with E-state index in [9.17, 15) is 4.79 Å². The molecule has 1 aromatic carbocycles. The number of fused-ring (bicyclic) bond motifs is 1. The maximum atomic E-state index is 12.3. The summed E-state index contributed by atoms with van der Waals surface area (Å²) >= 11 is 0. The summed E-state index contributed by atoms with van der Waals surface area (Å²) in [6.45, 7) is 4.74. The Morgan fingerprint density at radius 2 is 2.00 bits per heavy atom. The van der Waals surface area contributed by atoms with Crippen LogP contribution in [0, 0.1) is 0 Å². The molecule has 1 atom stereocenters. The van der Waals surface area contributed by atoms with Gasteiger partial charge < -0.3 is 10.2 Å². The molecule has 1 aromatic rings. The fourth-order valence-corrected chi connectivity index (χ4v) is 3.41. The van der Waals surface area contributed by atoms with Gasteiger partial charge >= 0.3 is 6.03 Å². The van der Waals surface area contributed by atoms with Crippen molar-refractivity contribution in [3.63, 3.8) is 0 Å². The second-order valence-corrected chi connectivity index (χ2v) is 6.10. The lowest BCUT2D eigenvalue weighted by Gasteiger charge is -2.43. The molecule has 0 unspecified atom stereocenters. The Labute approximate surface area is 127 Å². The van der Waals surface area contributed by atoms with Crippen molar-refractivity contribution in [2.45, 2.75) is 31.7 Å². The molecule has 21 heavy (non-hydrogen) atoms. The highest BCUT2D eigenvalue weighted by Gasteiger charge is 2.30. The van der Waals surface area contributed by atoms with E-state index in [2.05, 4.69) is 22.3 Å². The van der Waals surface area contributed by atoms with Crippen LogP contribution in [0.2, 0.25) is 0 Å². The summed E-state index contributed by atoms with van der Waals surface area (Å²) in [5, 5.41) is 3.06. The molecule has 2 heterocycles. The van der Waals surface area contributed by atoms with E-state index in [4.69, 9.17) is 0 Å². The molecule has 114 valence electrons. The molecule has 2 amide bonds. The predicted molar refractivity (Wildman–Crippen MR) is 84.3 cm³/mol. The fourth-order valence-electron chi connectivity index (χ4n) is 3.41. The van der Waals surface area contributed by atoms with Gasteiger partial charge in [-0.3, -0.25) is 4.90 Å². The molecule has 3 rings (SSSR count). The zero-order valence-electron chi connectivity index (χ0n) is 12.6. The lowest BCUT2D eigenvalue weighted by molar-refractivity contribution is 0.0644. The van der Waals surface area contributed by atoms with Crippen LogP contribution in [0.5, 0.6) is 0 Å². The molecular formula is C17H25N3O. The van der Waals surface area contributed by atoms with Gasteiger partial charge in [0, 0.05) is 32.2 Å². The number of carbonyl (C=O) groups is 1. The summed E-state index contributed by atoms with van der Waals surface area (Å²) in [5.74, 6) is 0. The normalized spacial score (nSPS) is 22.7. The largest absolute Gasteiger partial charge is 0.338 e. The Bertz CT molecular complexity index is 462. The first kappa shape index (κ1) is 14.4. The Morgan fingerprint density at radius 1 is 1.14 bits per heavy atom. The van der Waals surface area contributed by atoms with Gasteiger partial charge in [0.05, 0.1) is 0 Å². The molecule has 0 aromatic heterocycles. The highest BCUT2D eigenvalue weighted by atomic mass is 16.2. The number of piperazine rings is 1. The summed E-state index contributed by atoms with van der Waals surface area (Å²) in [6, 6.07) is 11.0. The molecule has 2 aliphatic heterocycles. The maximum Gasteiger partial charge on any atom is 0.317 e. The SMILES string of the molecule is O=C(NCCc1ccccc1)N1CCN2CCCC[C@@H]2C1. The Morgan fingerprint density at radius 3 is 2.86 bits per heavy atom. The van der Waals surface area contributed by atoms with Gasteiger partial charge in [-0.15, -0.1) is 0 Å². The van der Waals surface area contributed by atoms with Crippen LogP contribution in [0.15, 0.2) is 30.3 Å². The molecule has 4 nitrogen and oxygen atoms in total. The van der Waals surface area contributed by atoms with Gasteiger partial charge in [-0.2, -0.15) is 0 Å². The first-order valence-electron chi connectivity index (χ1n) is 8.14. The van der Waals surface area contributed by atoms with Crippen LogP contribution in [0.4, 0.5) is 4.79 Å². The van der Waals surface area contributed by atoms with Crippen molar-refractivity contribution >= 4 is 6.03 Å². The molecule has 2 aliphatic rings. The zero-order chi connectivity index (χ0) is 14.5. The first-order chi connectivity index (χ1) is 10.3. The molecule has 0 aliphatic carbocycles. The summed E-state index contributed by atoms with van der Waals surface area (Å²) in [4.78, 5) is 16.8. The van der Waals surface area contributed by atoms with Crippen LogP contribution in [0.25, 0.3) is 0 Å². The number of hydrogen-bond acceptors (Lipinski definition) is 2. The van der Waals surface area contributed by atoms with Crippen LogP contribution < -0.4 is 5.32 Å². The molecule has 0 bridgehead atoms. The number of nitrogens with zero attached hydrogens (tertiary/aromatic N) is 2. The average Bonchev–Trinajstić information content (AvgIpc) is 2.55. The van der Waals surface area contributed by atoms with Gasteiger partial charge in [-0.1, -0.05) is 36.8 Å². The van der Waals surface area contributed by atoms with E-state index in [1.165, 1.54) is 31.4 Å². The number of urea groups is 1. The maximum absolute atomic E-state index is 12.3. The minimum atomic E-state index is 0.108. The van der Waals surface area contributed by atoms with Crippen molar-refractivity contribution in [3.8, 4) is 0 Å². The fraction of sp³-hybridized carbons (Fsp3) is 0.588. The number of amides is 2. The summed E-state index contributed by atoms with van der Waals surface area (Å²) in [6.07, 6.45) is 4.77. The number of rotatable bonds is 3. The second-order valence-electron chi connectivity index (χ2n) is 6.10. The van der Waals surface area contributed by atoms with Crippen LogP contribution in [-0.4, -0.2) is 54.6 Å². The van der Waals surface area contributed by atoms with Crippen LogP contribution in [-0.2, 0) is 6.42 Å². The Balaban J connectivity index is 1.43. The molecule has 4 heteroatoms. The number of hydrogen-bond donors (Lipinski definition) is 1. The first-order valence-corrected chi connectivity index (χ1v) is 8.14. The molecule has 1 N–H and O–H groups in total. The highest BCUT2D eigenvalue weighted by Crippen LogP contribution is 2.20. The van der Waals surface area contributed by atoms with Gasteiger partial charge in [0.1, 0.15) is 0 Å². The predicted octanol–water partition coefficient (Wildman–Crippen LogP) is 2.11. The topological polar surface area (TPSA) is 35.6 Å². The third-order valence-corrected chi connectivity index (χ3v) is 4.66. The number of piperidine rings is 1. The third kappa shape index (κ3) is 3.76. The van der Waals surface area contributed by atoms with E-state index in [0.29, 0.717) is 12.6 Å². The van der Waals surface area contributed by atoms with Crippen molar-refractivity contribution in [1.82, 2.24) is 15.1 Å². The zero-order valence-corrected chi connectivity index (χ0v) is 12.6. The molecule has 0 spiro atoms. The molecule has 2 fully saturated rings. The lowest BCUT2D eigenvalue weighted by atomic mass is 10.00. The standard InChI is InChI=1S/C17H25N3O/c21-17(18-10-9-15-6-2-1-3-7-15)20-13-12-19-11-5-4-8-16(19)14-20/h1-3,6-7,16H,4-5,8-14H2,(H,18,21)/t16-/m1/s1. The summed E-state index contributed by atoms with van der Waals surface area (Å²) < 4.78 is 0. The third-order valence-electron chi connectivity index (χ3n) is 4.66. The lowest BCUT2D eigenvalue weighted by Crippen LogP contribution is -2.58. The monoisotopic (exact) mass is 287 g/mol. The minimum absolute atomic E-state index is 0.108. The van der Waals surface area contributed by atoms with E-state index in [0.717, 1.165) is 26.1 Å². The average molecular weight is 287 g/mol. The Hall–Kier alpha value is -1.55. The van der Waals surface area contributed by atoms with Gasteiger partial charge in [0.25, 0.3) is 0 Å². The second kappa shape index (κ2) is 6.94. The van der Waals surface area contributed by atoms with Gasteiger partial charge in [0.15, 0.2) is 0 Å². The molecule has 2 saturated heterocycles. The van der Waals surface area contributed by atoms with Gasteiger partial charge in [-0.05, 0) is 31.4 Å². The van der Waals surface area contributed by atoms with E-state index in [-0.39, 0.29) is 6.03 Å². The summed E-state index contributed by atoms with van der Waals surface area (Å²) in [5.41, 5.74) is 1.27. The van der Waals surface area contributed by atoms with Gasteiger partial charge in [0.2, 0.25) is 0 Å². The minimum Gasteiger partial charge on any atom is -0.338 e. The van der Waals surface area contributed by atoms with Crippen LogP contribution in [0.3, 0.4) is 0 Å². The van der Waals surface area contributed by atoms with Gasteiger partial charge in [-0.25, -0.2) is 4.79 Å². The van der Waals surface area contributed by atoms with Crippen molar-refractivity contribution in [1.29, 1.82) is 0 Å². The van der Waals surface area contributed by atoms with Crippen LogP contribution >= 0.6 is 0 Å². The molecule has 0 radical (unpaired) electrons. The van der Waals surface area contributed by atoms with Crippen LogP contribution in [0.1, 0.15) is 24.8 Å². The van der Waals surface area contributed by atoms with E-state index < -0.39 is 0 Å². The summed E-state index contributed by atoms with van der Waals surface area (Å²) in [7, 11) is 0. The Kier molecular flexibility index (Phi) is 4.76. The van der Waals surface area contributed by atoms with Crippen molar-refractivity contribution < 1.29 is 4.79 Å².